The van der Waals surface area contributed by atoms with Crippen molar-refractivity contribution in [3.05, 3.63) is 30.3 Å². The van der Waals surface area contributed by atoms with Crippen molar-refractivity contribution >= 4 is 11.6 Å². The number of anilines is 1. The van der Waals surface area contributed by atoms with Gasteiger partial charge in [-0.3, -0.25) is 4.79 Å². The van der Waals surface area contributed by atoms with E-state index < -0.39 is 0 Å². The zero-order valence-corrected chi connectivity index (χ0v) is 13.6. The number of rotatable bonds is 8. The third-order valence-electron chi connectivity index (χ3n) is 4.43. The first-order valence-corrected chi connectivity index (χ1v) is 8.52. The molecule has 3 N–H and O–H groups in total. The molecule has 0 aliphatic carbocycles. The van der Waals surface area contributed by atoms with Crippen LogP contribution in [-0.4, -0.2) is 32.1 Å². The quantitative estimate of drug-likeness (QED) is 0.647. The van der Waals surface area contributed by atoms with Crippen LogP contribution >= 0.6 is 0 Å². The first-order valence-electron chi connectivity index (χ1n) is 8.52. The molecule has 1 amide bonds. The van der Waals surface area contributed by atoms with E-state index in [1.165, 1.54) is 12.8 Å². The van der Waals surface area contributed by atoms with E-state index in [4.69, 9.17) is 0 Å². The first kappa shape index (κ1) is 16.8. The molecule has 1 fully saturated rings. The average molecular weight is 303 g/mol. The maximum absolute atomic E-state index is 12.0. The SMILES string of the molecule is CC(CC(=O)NCCCNc1ccccc1)C1CCCNC1. The molecule has 2 unspecified atom stereocenters. The fourth-order valence-corrected chi connectivity index (χ4v) is 3.00. The van der Waals surface area contributed by atoms with Crippen LogP contribution < -0.4 is 16.0 Å². The topological polar surface area (TPSA) is 53.2 Å². The van der Waals surface area contributed by atoms with Crippen molar-refractivity contribution in [2.75, 3.05) is 31.5 Å². The smallest absolute Gasteiger partial charge is 0.220 e. The minimum atomic E-state index is 0.192. The lowest BCUT2D eigenvalue weighted by atomic mass is 9.85. The number of hydrogen-bond acceptors (Lipinski definition) is 3. The number of carbonyl (C=O) groups is 1. The molecule has 1 aliphatic rings. The predicted molar refractivity (Wildman–Crippen MR) is 91.9 cm³/mol. The van der Waals surface area contributed by atoms with Gasteiger partial charge in [-0.2, -0.15) is 0 Å². The summed E-state index contributed by atoms with van der Waals surface area (Å²) in [6.45, 7) is 6.02. The Labute approximate surface area is 134 Å². The van der Waals surface area contributed by atoms with Crippen molar-refractivity contribution in [1.82, 2.24) is 10.6 Å². The first-order chi connectivity index (χ1) is 10.8. The number of nitrogens with one attached hydrogen (secondary N) is 3. The van der Waals surface area contributed by atoms with E-state index in [0.29, 0.717) is 18.3 Å². The molecule has 1 aromatic carbocycles. The van der Waals surface area contributed by atoms with Crippen molar-refractivity contribution in [3.63, 3.8) is 0 Å². The lowest BCUT2D eigenvalue weighted by Gasteiger charge is -2.28. The second kappa shape index (κ2) is 9.46. The molecule has 1 heterocycles. The van der Waals surface area contributed by atoms with Gasteiger partial charge < -0.3 is 16.0 Å². The summed E-state index contributed by atoms with van der Waals surface area (Å²) in [6, 6.07) is 10.2. The van der Waals surface area contributed by atoms with Gasteiger partial charge in [0.15, 0.2) is 0 Å². The van der Waals surface area contributed by atoms with Gasteiger partial charge in [0.2, 0.25) is 5.91 Å². The van der Waals surface area contributed by atoms with Gasteiger partial charge in [0, 0.05) is 25.2 Å². The fraction of sp³-hybridized carbons (Fsp3) is 0.611. The second-order valence-electron chi connectivity index (χ2n) is 6.28. The summed E-state index contributed by atoms with van der Waals surface area (Å²) in [6.07, 6.45) is 4.09. The molecule has 122 valence electrons. The Morgan fingerprint density at radius 2 is 2.14 bits per heavy atom. The lowest BCUT2D eigenvalue weighted by Crippen LogP contribution is -2.35. The summed E-state index contributed by atoms with van der Waals surface area (Å²) in [4.78, 5) is 12.0. The van der Waals surface area contributed by atoms with Crippen molar-refractivity contribution in [2.45, 2.75) is 32.6 Å². The number of hydrogen-bond donors (Lipinski definition) is 3. The summed E-state index contributed by atoms with van der Waals surface area (Å²) in [5.74, 6) is 1.31. The van der Waals surface area contributed by atoms with Gasteiger partial charge in [-0.25, -0.2) is 0 Å². The highest BCUT2D eigenvalue weighted by molar-refractivity contribution is 5.76. The third kappa shape index (κ3) is 6.06. The van der Waals surface area contributed by atoms with Gasteiger partial charge in [0.05, 0.1) is 0 Å². The van der Waals surface area contributed by atoms with Crippen molar-refractivity contribution in [2.24, 2.45) is 11.8 Å². The number of amides is 1. The molecule has 1 saturated heterocycles. The van der Waals surface area contributed by atoms with E-state index in [0.717, 1.165) is 38.3 Å². The summed E-state index contributed by atoms with van der Waals surface area (Å²) in [5, 5.41) is 9.82. The van der Waals surface area contributed by atoms with Crippen LogP contribution in [0.3, 0.4) is 0 Å². The van der Waals surface area contributed by atoms with Crippen LogP contribution in [0.25, 0.3) is 0 Å². The lowest BCUT2D eigenvalue weighted by molar-refractivity contribution is -0.122. The van der Waals surface area contributed by atoms with Crippen LogP contribution in [-0.2, 0) is 4.79 Å². The maximum atomic E-state index is 12.0. The number of para-hydroxylation sites is 1. The molecular weight excluding hydrogens is 274 g/mol. The molecular formula is C18H29N3O. The van der Waals surface area contributed by atoms with Crippen molar-refractivity contribution < 1.29 is 4.79 Å². The molecule has 0 aromatic heterocycles. The van der Waals surface area contributed by atoms with Gasteiger partial charge >= 0.3 is 0 Å². The Morgan fingerprint density at radius 3 is 2.86 bits per heavy atom. The van der Waals surface area contributed by atoms with Crippen molar-refractivity contribution in [1.29, 1.82) is 0 Å². The van der Waals surface area contributed by atoms with E-state index in [1.807, 2.05) is 18.2 Å². The molecule has 0 spiro atoms. The minimum Gasteiger partial charge on any atom is -0.385 e. The molecule has 4 nitrogen and oxygen atoms in total. The number of benzene rings is 1. The Hall–Kier alpha value is -1.55. The summed E-state index contributed by atoms with van der Waals surface area (Å²) < 4.78 is 0. The Bertz CT molecular complexity index is 429. The molecule has 4 heteroatoms. The van der Waals surface area contributed by atoms with Crippen molar-refractivity contribution in [3.8, 4) is 0 Å². The van der Waals surface area contributed by atoms with Crippen LogP contribution in [0.5, 0.6) is 0 Å². The zero-order chi connectivity index (χ0) is 15.6. The zero-order valence-electron chi connectivity index (χ0n) is 13.6. The maximum Gasteiger partial charge on any atom is 0.220 e. The molecule has 22 heavy (non-hydrogen) atoms. The van der Waals surface area contributed by atoms with Crippen LogP contribution in [0.15, 0.2) is 30.3 Å². The summed E-state index contributed by atoms with van der Waals surface area (Å²) in [7, 11) is 0. The van der Waals surface area contributed by atoms with E-state index in [2.05, 4.69) is 35.0 Å². The van der Waals surface area contributed by atoms with E-state index in [9.17, 15) is 4.79 Å². The Morgan fingerprint density at radius 1 is 1.32 bits per heavy atom. The Kier molecular flexibility index (Phi) is 7.23. The van der Waals surface area contributed by atoms with Crippen LogP contribution in [0.2, 0.25) is 0 Å². The highest BCUT2D eigenvalue weighted by atomic mass is 16.1. The standard InChI is InChI=1S/C18H29N3O/c1-15(16-7-5-10-19-14-16)13-18(22)21-12-6-11-20-17-8-3-2-4-9-17/h2-4,8-9,15-16,19-20H,5-7,10-14H2,1H3,(H,21,22). The molecule has 2 atom stereocenters. The molecule has 0 saturated carbocycles. The van der Waals surface area contributed by atoms with Crippen LogP contribution in [0.1, 0.15) is 32.6 Å². The molecule has 1 aromatic rings. The molecule has 1 aliphatic heterocycles. The van der Waals surface area contributed by atoms with E-state index in [-0.39, 0.29) is 5.91 Å². The fourth-order valence-electron chi connectivity index (χ4n) is 3.00. The highest BCUT2D eigenvalue weighted by Crippen LogP contribution is 2.22. The van der Waals surface area contributed by atoms with Gasteiger partial charge in [0.25, 0.3) is 0 Å². The van der Waals surface area contributed by atoms with Crippen LogP contribution in [0.4, 0.5) is 5.69 Å². The molecule has 0 bridgehead atoms. The van der Waals surface area contributed by atoms with Gasteiger partial charge in [-0.05, 0) is 56.3 Å². The van der Waals surface area contributed by atoms with Crippen LogP contribution in [0, 0.1) is 11.8 Å². The number of carbonyl (C=O) groups excluding carboxylic acids is 1. The van der Waals surface area contributed by atoms with Gasteiger partial charge in [-0.1, -0.05) is 25.1 Å². The third-order valence-corrected chi connectivity index (χ3v) is 4.43. The molecule has 0 radical (unpaired) electrons. The largest absolute Gasteiger partial charge is 0.385 e. The summed E-state index contributed by atoms with van der Waals surface area (Å²) in [5.41, 5.74) is 1.13. The molecule has 2 rings (SSSR count). The monoisotopic (exact) mass is 303 g/mol. The summed E-state index contributed by atoms with van der Waals surface area (Å²) >= 11 is 0. The number of piperidine rings is 1. The van der Waals surface area contributed by atoms with Gasteiger partial charge in [-0.15, -0.1) is 0 Å². The second-order valence-corrected chi connectivity index (χ2v) is 6.28. The van der Waals surface area contributed by atoms with E-state index >= 15 is 0 Å². The van der Waals surface area contributed by atoms with Gasteiger partial charge in [0.1, 0.15) is 0 Å². The highest BCUT2D eigenvalue weighted by Gasteiger charge is 2.21. The normalized spacial score (nSPS) is 19.4. The Balaban J connectivity index is 1.53. The average Bonchev–Trinajstić information content (AvgIpc) is 2.56. The predicted octanol–water partition coefficient (Wildman–Crippen LogP) is 2.63. The van der Waals surface area contributed by atoms with E-state index in [1.54, 1.807) is 0 Å². The minimum absolute atomic E-state index is 0.192.